The van der Waals surface area contributed by atoms with Gasteiger partial charge in [-0.25, -0.2) is 0 Å². The second-order valence-electron chi connectivity index (χ2n) is 9.62. The summed E-state index contributed by atoms with van der Waals surface area (Å²) in [6, 6.07) is 14.5. The Balaban J connectivity index is 1.40. The predicted molar refractivity (Wildman–Crippen MR) is 129 cm³/mol. The molecule has 0 aromatic heterocycles. The third-order valence-electron chi connectivity index (χ3n) is 6.71. The van der Waals surface area contributed by atoms with E-state index in [0.717, 1.165) is 54.8 Å². The van der Waals surface area contributed by atoms with E-state index in [1.165, 1.54) is 6.42 Å². The first-order valence-corrected chi connectivity index (χ1v) is 12.0. The van der Waals surface area contributed by atoms with Crippen molar-refractivity contribution in [3.8, 4) is 5.75 Å². The zero-order valence-corrected chi connectivity index (χ0v) is 19.9. The molecule has 2 aliphatic rings. The highest BCUT2D eigenvalue weighted by Crippen LogP contribution is 2.35. The van der Waals surface area contributed by atoms with Crippen LogP contribution in [-0.2, 0) is 11.3 Å². The first kappa shape index (κ1) is 23.3. The largest absolute Gasteiger partial charge is 0.497 e. The number of ether oxygens (including phenoxy) is 1. The summed E-state index contributed by atoms with van der Waals surface area (Å²) < 4.78 is 5.23. The summed E-state index contributed by atoms with van der Waals surface area (Å²) in [5.74, 6) is 2.02. The van der Waals surface area contributed by atoms with Gasteiger partial charge in [-0.3, -0.25) is 9.59 Å². The second-order valence-corrected chi connectivity index (χ2v) is 9.62. The molecule has 6 heteroatoms. The Labute approximate surface area is 196 Å². The number of hydrogen-bond donors (Lipinski definition) is 1. The maximum atomic E-state index is 13.3. The van der Waals surface area contributed by atoms with Crippen molar-refractivity contribution < 1.29 is 14.3 Å². The van der Waals surface area contributed by atoms with E-state index in [1.54, 1.807) is 12.0 Å². The van der Waals surface area contributed by atoms with E-state index in [9.17, 15) is 9.59 Å². The SMILES string of the molecule is COc1ccc(CN2C(=O)c3ccccc3[C@@H]2C(=O)NCCCN2C[C@H](C)C[C@@H](C)C2)cc1. The summed E-state index contributed by atoms with van der Waals surface area (Å²) in [7, 11) is 1.63. The molecule has 6 nitrogen and oxygen atoms in total. The minimum Gasteiger partial charge on any atom is -0.497 e. The zero-order chi connectivity index (χ0) is 23.4. The van der Waals surface area contributed by atoms with Crippen LogP contribution in [0.5, 0.6) is 5.75 Å². The van der Waals surface area contributed by atoms with Crippen LogP contribution in [0.4, 0.5) is 0 Å². The summed E-state index contributed by atoms with van der Waals surface area (Å²) in [6.45, 7) is 8.88. The molecule has 176 valence electrons. The average Bonchev–Trinajstić information content (AvgIpc) is 3.08. The van der Waals surface area contributed by atoms with E-state index in [-0.39, 0.29) is 11.8 Å². The number of likely N-dealkylation sites (tertiary alicyclic amines) is 1. The van der Waals surface area contributed by atoms with Gasteiger partial charge in [0.25, 0.3) is 5.91 Å². The molecule has 0 radical (unpaired) electrons. The number of carbonyl (C=O) groups is 2. The summed E-state index contributed by atoms with van der Waals surface area (Å²) in [4.78, 5) is 30.6. The molecule has 0 saturated carbocycles. The number of methoxy groups -OCH3 is 1. The number of piperidine rings is 1. The van der Waals surface area contributed by atoms with Crippen molar-refractivity contribution in [2.45, 2.75) is 39.3 Å². The third kappa shape index (κ3) is 5.38. The molecule has 4 rings (SSSR count). The van der Waals surface area contributed by atoms with Crippen LogP contribution in [0.25, 0.3) is 0 Å². The molecule has 1 saturated heterocycles. The first-order valence-electron chi connectivity index (χ1n) is 12.0. The van der Waals surface area contributed by atoms with E-state index in [0.29, 0.717) is 18.7 Å². The van der Waals surface area contributed by atoms with E-state index < -0.39 is 6.04 Å². The normalized spacial score (nSPS) is 22.8. The summed E-state index contributed by atoms with van der Waals surface area (Å²) in [6.07, 6.45) is 2.21. The lowest BCUT2D eigenvalue weighted by molar-refractivity contribution is -0.125. The van der Waals surface area contributed by atoms with E-state index in [1.807, 2.05) is 48.5 Å². The van der Waals surface area contributed by atoms with Crippen LogP contribution in [0.3, 0.4) is 0 Å². The Kier molecular flexibility index (Phi) is 7.33. The summed E-state index contributed by atoms with van der Waals surface area (Å²) in [5.41, 5.74) is 2.36. The molecule has 2 aliphatic heterocycles. The number of fused-ring (bicyclic) bond motifs is 1. The molecule has 2 amide bonds. The Morgan fingerprint density at radius 2 is 1.76 bits per heavy atom. The Morgan fingerprint density at radius 3 is 2.45 bits per heavy atom. The Hall–Kier alpha value is -2.86. The lowest BCUT2D eigenvalue weighted by atomic mass is 9.92. The van der Waals surface area contributed by atoms with E-state index >= 15 is 0 Å². The molecule has 2 heterocycles. The van der Waals surface area contributed by atoms with Crippen LogP contribution in [-0.4, -0.2) is 54.9 Å². The Morgan fingerprint density at radius 1 is 1.06 bits per heavy atom. The van der Waals surface area contributed by atoms with Crippen molar-refractivity contribution in [2.75, 3.05) is 33.3 Å². The zero-order valence-electron chi connectivity index (χ0n) is 19.9. The van der Waals surface area contributed by atoms with Gasteiger partial charge in [-0.1, -0.05) is 44.2 Å². The third-order valence-corrected chi connectivity index (χ3v) is 6.71. The van der Waals surface area contributed by atoms with Crippen molar-refractivity contribution in [3.05, 3.63) is 65.2 Å². The molecule has 0 aliphatic carbocycles. The fourth-order valence-corrected chi connectivity index (χ4v) is 5.33. The van der Waals surface area contributed by atoms with Crippen molar-refractivity contribution in [2.24, 2.45) is 11.8 Å². The maximum Gasteiger partial charge on any atom is 0.255 e. The van der Waals surface area contributed by atoms with Crippen LogP contribution in [0.15, 0.2) is 48.5 Å². The minimum absolute atomic E-state index is 0.0992. The lowest BCUT2D eigenvalue weighted by Gasteiger charge is -2.35. The number of benzene rings is 2. The molecule has 3 atom stereocenters. The van der Waals surface area contributed by atoms with Gasteiger partial charge in [0.15, 0.2) is 0 Å². The van der Waals surface area contributed by atoms with Gasteiger partial charge in [-0.05, 0) is 60.5 Å². The van der Waals surface area contributed by atoms with Gasteiger partial charge in [0.2, 0.25) is 5.91 Å². The molecule has 0 unspecified atom stereocenters. The molecule has 0 bridgehead atoms. The van der Waals surface area contributed by atoms with Crippen molar-refractivity contribution >= 4 is 11.8 Å². The van der Waals surface area contributed by atoms with E-state index in [2.05, 4.69) is 24.1 Å². The quantitative estimate of drug-likeness (QED) is 0.622. The van der Waals surface area contributed by atoms with Crippen molar-refractivity contribution in [1.29, 1.82) is 0 Å². The predicted octanol–water partition coefficient (Wildman–Crippen LogP) is 3.88. The molecule has 1 fully saturated rings. The van der Waals surface area contributed by atoms with Gasteiger partial charge in [0.05, 0.1) is 7.11 Å². The number of carbonyl (C=O) groups excluding carboxylic acids is 2. The Bertz CT molecular complexity index is 965. The van der Waals surface area contributed by atoms with E-state index in [4.69, 9.17) is 4.74 Å². The van der Waals surface area contributed by atoms with Gasteiger partial charge in [0, 0.05) is 31.7 Å². The number of rotatable bonds is 8. The fraction of sp³-hybridized carbons (Fsp3) is 0.481. The van der Waals surface area contributed by atoms with Gasteiger partial charge in [-0.15, -0.1) is 0 Å². The average molecular weight is 450 g/mol. The van der Waals surface area contributed by atoms with Gasteiger partial charge in [0.1, 0.15) is 11.8 Å². The molecular formula is C27H35N3O3. The topological polar surface area (TPSA) is 61.9 Å². The van der Waals surface area contributed by atoms with Crippen LogP contribution in [0.2, 0.25) is 0 Å². The highest BCUT2D eigenvalue weighted by atomic mass is 16.5. The smallest absolute Gasteiger partial charge is 0.255 e. The van der Waals surface area contributed by atoms with Crippen molar-refractivity contribution in [1.82, 2.24) is 15.1 Å². The number of hydrogen-bond acceptors (Lipinski definition) is 4. The standard InChI is InChI=1S/C27H35N3O3/c1-19-15-20(2)17-29(16-19)14-6-13-28-26(31)25-23-7-4-5-8-24(23)27(32)30(25)18-21-9-11-22(33-3)12-10-21/h4-5,7-12,19-20,25H,6,13-18H2,1-3H3,(H,28,31)/t19-,20-,25-/m1/s1. The molecule has 1 N–H and O–H groups in total. The van der Waals surface area contributed by atoms with Gasteiger partial charge < -0.3 is 19.9 Å². The van der Waals surface area contributed by atoms with Crippen LogP contribution < -0.4 is 10.1 Å². The molecular weight excluding hydrogens is 414 g/mol. The highest BCUT2D eigenvalue weighted by molar-refractivity contribution is 6.04. The van der Waals surface area contributed by atoms with Gasteiger partial charge >= 0.3 is 0 Å². The second kappa shape index (κ2) is 10.4. The molecule has 2 aromatic carbocycles. The highest BCUT2D eigenvalue weighted by Gasteiger charge is 2.40. The maximum absolute atomic E-state index is 13.3. The van der Waals surface area contributed by atoms with Crippen molar-refractivity contribution in [3.63, 3.8) is 0 Å². The minimum atomic E-state index is -0.606. The monoisotopic (exact) mass is 449 g/mol. The number of nitrogens with zero attached hydrogens (tertiary/aromatic N) is 2. The first-order chi connectivity index (χ1) is 16.0. The summed E-state index contributed by atoms with van der Waals surface area (Å²) >= 11 is 0. The fourth-order valence-electron chi connectivity index (χ4n) is 5.33. The molecule has 2 aromatic rings. The molecule has 33 heavy (non-hydrogen) atoms. The lowest BCUT2D eigenvalue weighted by Crippen LogP contribution is -2.41. The number of amides is 2. The van der Waals surface area contributed by atoms with Gasteiger partial charge in [-0.2, -0.15) is 0 Å². The van der Waals surface area contributed by atoms with Crippen LogP contribution in [0.1, 0.15) is 54.2 Å². The van der Waals surface area contributed by atoms with Crippen LogP contribution in [0, 0.1) is 11.8 Å². The summed E-state index contributed by atoms with van der Waals surface area (Å²) in [5, 5.41) is 3.10. The van der Waals surface area contributed by atoms with Crippen LogP contribution >= 0.6 is 0 Å². The number of nitrogens with one attached hydrogen (secondary N) is 1. The molecule has 0 spiro atoms.